The van der Waals surface area contributed by atoms with Crippen molar-refractivity contribution in [2.75, 3.05) is 26.2 Å². The highest BCUT2D eigenvalue weighted by atomic mass is 19.1. The maximum atomic E-state index is 14.8. The van der Waals surface area contributed by atoms with E-state index < -0.39 is 11.7 Å². The van der Waals surface area contributed by atoms with Crippen molar-refractivity contribution >= 4 is 23.4 Å². The summed E-state index contributed by atoms with van der Waals surface area (Å²) in [6.07, 6.45) is 4.88. The largest absolute Gasteiger partial charge is 0.507 e. The molecule has 4 aromatic rings. The van der Waals surface area contributed by atoms with Gasteiger partial charge in [-0.1, -0.05) is 6.07 Å². The number of hydrogen-bond donors (Lipinski definition) is 3. The van der Waals surface area contributed by atoms with Gasteiger partial charge in [0.25, 0.3) is 11.8 Å². The van der Waals surface area contributed by atoms with Gasteiger partial charge in [0.15, 0.2) is 5.65 Å². The Bertz CT molecular complexity index is 1570. The first-order valence-corrected chi connectivity index (χ1v) is 13.1. The Labute approximate surface area is 229 Å². The smallest absolute Gasteiger partial charge is 0.257 e. The summed E-state index contributed by atoms with van der Waals surface area (Å²) in [5.74, 6) is -1.45. The first-order valence-electron chi connectivity index (χ1n) is 13.1. The van der Waals surface area contributed by atoms with Crippen LogP contribution in [0.25, 0.3) is 16.8 Å². The molecule has 206 valence electrons. The minimum Gasteiger partial charge on any atom is -0.507 e. The maximum Gasteiger partial charge on any atom is 0.257 e. The summed E-state index contributed by atoms with van der Waals surface area (Å²) in [6.45, 7) is 1.31. The van der Waals surface area contributed by atoms with E-state index in [1.54, 1.807) is 39.8 Å². The molecule has 0 unspecified atom stereocenters. The van der Waals surface area contributed by atoms with Gasteiger partial charge in [0.05, 0.1) is 5.56 Å². The fourth-order valence-electron chi connectivity index (χ4n) is 4.77. The molecule has 2 aromatic carbocycles. The minimum atomic E-state index is -0.569. The molecule has 3 heterocycles. The number of hydrogen-bond acceptors (Lipinski definition) is 6. The zero-order valence-electron chi connectivity index (χ0n) is 21.8. The minimum absolute atomic E-state index is 0.105. The Morgan fingerprint density at radius 3 is 2.67 bits per heavy atom. The zero-order chi connectivity index (χ0) is 28.1. The number of rotatable bonds is 1. The molecule has 2 aromatic heterocycles. The molecule has 5 rings (SSSR count). The van der Waals surface area contributed by atoms with E-state index in [0.717, 1.165) is 5.56 Å². The van der Waals surface area contributed by atoms with Gasteiger partial charge in [-0.3, -0.25) is 18.8 Å². The Morgan fingerprint density at radius 1 is 0.950 bits per heavy atom. The molecule has 10 nitrogen and oxygen atoms in total. The first-order chi connectivity index (χ1) is 19.4. The summed E-state index contributed by atoms with van der Waals surface area (Å²) in [6, 6.07) is 12.3. The van der Waals surface area contributed by atoms with E-state index in [0.29, 0.717) is 50.1 Å². The van der Waals surface area contributed by atoms with E-state index in [4.69, 9.17) is 0 Å². The number of pyridine rings is 1. The number of phenolic OH excluding ortho intramolecular Hbond substituents is 1. The summed E-state index contributed by atoms with van der Waals surface area (Å²) in [7, 11) is 0. The number of fused-ring (bicyclic) bond motifs is 6. The lowest BCUT2D eigenvalue weighted by Crippen LogP contribution is -2.36. The van der Waals surface area contributed by atoms with E-state index in [9.17, 15) is 23.9 Å². The van der Waals surface area contributed by atoms with Crippen LogP contribution in [0.15, 0.2) is 61.1 Å². The molecule has 11 heteroatoms. The average Bonchev–Trinajstić information content (AvgIpc) is 3.44. The number of phenols is 1. The number of amides is 3. The normalized spacial score (nSPS) is 15.5. The number of nitrogens with one attached hydrogen (secondary N) is 2. The standard InChI is InChI=1S/C29H29FN6O4/c30-24-8-7-20-17-22(24)23-16-19(6-9-25(23)37)10-12-31-26(38)5-2-13-35(15-3-11-32-28(20)39)29(40)21-4-1-14-36-18-33-34-27(21)36/h1,4,6-9,14,16-18,37H,2-3,5,10-13,15H2,(H,31,38)(H,32,39). The molecule has 0 spiro atoms. The molecule has 3 N–H and O–H groups in total. The van der Waals surface area contributed by atoms with Crippen molar-refractivity contribution in [3.8, 4) is 16.9 Å². The van der Waals surface area contributed by atoms with Gasteiger partial charge in [-0.15, -0.1) is 10.2 Å². The second-order valence-corrected chi connectivity index (χ2v) is 9.63. The van der Waals surface area contributed by atoms with Crippen molar-refractivity contribution in [2.24, 2.45) is 0 Å². The molecule has 0 atom stereocenters. The fourth-order valence-corrected chi connectivity index (χ4v) is 4.77. The van der Waals surface area contributed by atoms with E-state index in [1.165, 1.54) is 30.6 Å². The van der Waals surface area contributed by atoms with Crippen molar-refractivity contribution in [1.29, 1.82) is 0 Å². The molecular formula is C29H29FN6O4. The van der Waals surface area contributed by atoms with Gasteiger partial charge in [-0.25, -0.2) is 4.39 Å². The second-order valence-electron chi connectivity index (χ2n) is 9.63. The number of carbonyl (C=O) groups is 3. The van der Waals surface area contributed by atoms with Crippen LogP contribution in [0.3, 0.4) is 0 Å². The lowest BCUT2D eigenvalue weighted by Gasteiger charge is -2.23. The van der Waals surface area contributed by atoms with Crippen molar-refractivity contribution in [2.45, 2.75) is 25.7 Å². The van der Waals surface area contributed by atoms with Gasteiger partial charge in [0.2, 0.25) is 5.91 Å². The van der Waals surface area contributed by atoms with Crippen LogP contribution in [-0.2, 0) is 11.2 Å². The highest BCUT2D eigenvalue weighted by Crippen LogP contribution is 2.33. The number of nitrogens with zero attached hydrogens (tertiary/aromatic N) is 4. The summed E-state index contributed by atoms with van der Waals surface area (Å²) in [5, 5.41) is 24.1. The third-order valence-corrected chi connectivity index (χ3v) is 6.88. The Kier molecular flexibility index (Phi) is 7.99. The highest BCUT2D eigenvalue weighted by Gasteiger charge is 2.20. The van der Waals surface area contributed by atoms with E-state index in [2.05, 4.69) is 20.8 Å². The van der Waals surface area contributed by atoms with Crippen molar-refractivity contribution < 1.29 is 23.9 Å². The Balaban J connectivity index is 1.38. The van der Waals surface area contributed by atoms with Crippen LogP contribution in [0.1, 0.15) is 45.5 Å². The quantitative estimate of drug-likeness (QED) is 0.338. The summed E-state index contributed by atoms with van der Waals surface area (Å²) in [5.41, 5.74) is 2.25. The summed E-state index contributed by atoms with van der Waals surface area (Å²) < 4.78 is 16.4. The fraction of sp³-hybridized carbons (Fsp3) is 0.276. The van der Waals surface area contributed by atoms with Gasteiger partial charge in [0, 0.05) is 55.5 Å². The number of aromatic nitrogens is 3. The van der Waals surface area contributed by atoms with Crippen LogP contribution < -0.4 is 10.6 Å². The van der Waals surface area contributed by atoms with Gasteiger partial charge >= 0.3 is 0 Å². The molecule has 1 aliphatic rings. The highest BCUT2D eigenvalue weighted by molar-refractivity contribution is 5.99. The third kappa shape index (κ3) is 5.93. The molecule has 4 bridgehead atoms. The van der Waals surface area contributed by atoms with Crippen molar-refractivity contribution in [3.05, 3.63) is 83.6 Å². The Hall–Kier alpha value is -4.80. The predicted molar refractivity (Wildman–Crippen MR) is 145 cm³/mol. The predicted octanol–water partition coefficient (Wildman–Crippen LogP) is 2.96. The van der Waals surface area contributed by atoms with Crippen molar-refractivity contribution in [1.82, 2.24) is 30.1 Å². The molecule has 0 aliphatic carbocycles. The molecule has 0 saturated heterocycles. The monoisotopic (exact) mass is 544 g/mol. The van der Waals surface area contributed by atoms with Crippen LogP contribution in [0, 0.1) is 5.82 Å². The third-order valence-electron chi connectivity index (χ3n) is 6.88. The molecule has 0 fully saturated rings. The van der Waals surface area contributed by atoms with Crippen LogP contribution in [0.5, 0.6) is 5.75 Å². The lowest BCUT2D eigenvalue weighted by molar-refractivity contribution is -0.121. The van der Waals surface area contributed by atoms with Crippen LogP contribution in [-0.4, -0.2) is 68.5 Å². The first kappa shape index (κ1) is 26.8. The van der Waals surface area contributed by atoms with Gasteiger partial charge < -0.3 is 20.6 Å². The average molecular weight is 545 g/mol. The van der Waals surface area contributed by atoms with Crippen LogP contribution in [0.2, 0.25) is 0 Å². The maximum absolute atomic E-state index is 14.8. The number of benzene rings is 2. The topological polar surface area (TPSA) is 129 Å². The van der Waals surface area contributed by atoms with Crippen LogP contribution in [0.4, 0.5) is 4.39 Å². The zero-order valence-corrected chi connectivity index (χ0v) is 21.8. The second kappa shape index (κ2) is 11.9. The molecule has 0 saturated carbocycles. The van der Waals surface area contributed by atoms with Gasteiger partial charge in [0.1, 0.15) is 17.9 Å². The molecular weight excluding hydrogens is 515 g/mol. The summed E-state index contributed by atoms with van der Waals surface area (Å²) in [4.78, 5) is 40.5. The SMILES string of the molecule is O=C1CCCN(C(=O)c2cccn3cnnc23)CCCNC(=O)c2ccc(F)c(c2)-c2cc(ccc2O)CCN1. The molecule has 0 radical (unpaired) electrons. The molecule has 3 amide bonds. The van der Waals surface area contributed by atoms with E-state index in [-0.39, 0.29) is 47.2 Å². The van der Waals surface area contributed by atoms with E-state index >= 15 is 0 Å². The number of aromatic hydroxyl groups is 1. The Morgan fingerprint density at radius 2 is 1.80 bits per heavy atom. The molecule has 40 heavy (non-hydrogen) atoms. The van der Waals surface area contributed by atoms with Gasteiger partial charge in [-0.05, 0) is 67.3 Å². The summed E-state index contributed by atoms with van der Waals surface area (Å²) >= 11 is 0. The van der Waals surface area contributed by atoms with E-state index in [1.807, 2.05) is 0 Å². The van der Waals surface area contributed by atoms with Crippen LogP contribution >= 0.6 is 0 Å². The molecule has 1 aliphatic heterocycles. The van der Waals surface area contributed by atoms with Crippen molar-refractivity contribution in [3.63, 3.8) is 0 Å². The lowest BCUT2D eigenvalue weighted by atomic mass is 9.98. The number of halogens is 1. The van der Waals surface area contributed by atoms with Gasteiger partial charge in [-0.2, -0.15) is 0 Å². The number of carbonyl (C=O) groups excluding carboxylic acids is 3.